The van der Waals surface area contributed by atoms with Crippen molar-refractivity contribution in [3.8, 4) is 0 Å². The quantitative estimate of drug-likeness (QED) is 0.443. The van der Waals surface area contributed by atoms with Crippen molar-refractivity contribution in [2.75, 3.05) is 0 Å². The normalized spacial score (nSPS) is 10.9. The number of benzene rings is 1. The smallest absolute Gasteiger partial charge is 0.744 e. The molecule has 0 unspecified atom stereocenters. The van der Waals surface area contributed by atoms with Crippen molar-refractivity contribution >= 4 is 10.1 Å². The molecule has 0 aliphatic heterocycles. The molecule has 0 aliphatic carbocycles. The Kier molecular flexibility index (Phi) is 5.49. The Morgan fingerprint density at radius 3 is 1.86 bits per heavy atom. The topological polar surface area (TPSA) is 57.2 Å². The Bertz CT molecular complexity index is 438. The zero-order valence-corrected chi connectivity index (χ0v) is 12.7. The molecule has 0 aliphatic rings. The van der Waals surface area contributed by atoms with E-state index in [-0.39, 0.29) is 56.3 Å². The van der Waals surface area contributed by atoms with Crippen LogP contribution >= 0.6 is 0 Å². The summed E-state index contributed by atoms with van der Waals surface area (Å²) in [6.07, 6.45) is 0. The first kappa shape index (κ1) is 14.8. The molecular weight excluding hydrogens is 227 g/mol. The summed E-state index contributed by atoms with van der Waals surface area (Å²) >= 11 is 0. The van der Waals surface area contributed by atoms with Gasteiger partial charge in [-0.15, -0.1) is 0 Å². The number of hydrogen-bond acceptors (Lipinski definition) is 3. The van der Waals surface area contributed by atoms with Crippen LogP contribution in [0.15, 0.2) is 17.0 Å². The zero-order chi connectivity index (χ0) is 10.2. The molecule has 0 amide bonds. The van der Waals surface area contributed by atoms with Gasteiger partial charge >= 0.3 is 51.4 Å². The van der Waals surface area contributed by atoms with Gasteiger partial charge in [0.2, 0.25) is 0 Å². The summed E-state index contributed by atoms with van der Waals surface area (Å²) in [7, 11) is -4.32. The van der Waals surface area contributed by atoms with Crippen molar-refractivity contribution in [1.82, 2.24) is 0 Å². The predicted molar refractivity (Wildman–Crippen MR) is 48.6 cm³/mol. The van der Waals surface area contributed by atoms with Crippen LogP contribution in [0.2, 0.25) is 0 Å². The minimum Gasteiger partial charge on any atom is -0.744 e. The molecule has 0 N–H and O–H groups in total. The average Bonchev–Trinajstić information content (AvgIpc) is 1.94. The van der Waals surface area contributed by atoms with Crippen LogP contribution in [-0.4, -0.2) is 13.0 Å². The summed E-state index contributed by atoms with van der Waals surface area (Å²) in [6.45, 7) is 5.28. The van der Waals surface area contributed by atoms with E-state index in [1.807, 2.05) is 6.92 Å². The molecule has 0 saturated heterocycles. The first-order valence-electron chi connectivity index (χ1n) is 3.86. The van der Waals surface area contributed by atoms with Crippen molar-refractivity contribution in [3.63, 3.8) is 0 Å². The molecule has 0 aromatic heterocycles. The van der Waals surface area contributed by atoms with Gasteiger partial charge in [-0.05, 0) is 43.5 Å². The molecule has 72 valence electrons. The molecule has 0 bridgehead atoms. The first-order valence-corrected chi connectivity index (χ1v) is 5.27. The summed E-state index contributed by atoms with van der Waals surface area (Å²) < 4.78 is 32.3. The van der Waals surface area contributed by atoms with Crippen molar-refractivity contribution in [2.45, 2.75) is 25.7 Å². The Morgan fingerprint density at radius 2 is 1.43 bits per heavy atom. The van der Waals surface area contributed by atoms with Gasteiger partial charge in [0, 0.05) is 0 Å². The fourth-order valence-electron chi connectivity index (χ4n) is 1.20. The Labute approximate surface area is 127 Å². The molecule has 0 saturated carbocycles. The van der Waals surface area contributed by atoms with Gasteiger partial charge in [-0.2, -0.15) is 0 Å². The van der Waals surface area contributed by atoms with E-state index in [4.69, 9.17) is 0 Å². The van der Waals surface area contributed by atoms with Gasteiger partial charge < -0.3 is 4.55 Å². The van der Waals surface area contributed by atoms with Crippen LogP contribution in [0.4, 0.5) is 0 Å². The summed E-state index contributed by atoms with van der Waals surface area (Å²) in [5.41, 5.74) is 2.32. The molecule has 3 nitrogen and oxygen atoms in total. The van der Waals surface area contributed by atoms with Crippen molar-refractivity contribution < 1.29 is 64.4 Å². The van der Waals surface area contributed by atoms with E-state index >= 15 is 0 Å². The van der Waals surface area contributed by atoms with Crippen molar-refractivity contribution in [2.24, 2.45) is 0 Å². The van der Waals surface area contributed by atoms with Gasteiger partial charge in [0.05, 0.1) is 4.90 Å². The maximum absolute atomic E-state index is 10.8. The first-order chi connectivity index (χ1) is 5.82. The van der Waals surface area contributed by atoms with Crippen LogP contribution in [-0.2, 0) is 10.1 Å². The zero-order valence-electron chi connectivity index (χ0n) is 8.79. The summed E-state index contributed by atoms with van der Waals surface area (Å²) in [5.74, 6) is 0. The monoisotopic (exact) mass is 238 g/mol. The van der Waals surface area contributed by atoms with E-state index in [2.05, 4.69) is 0 Å². The van der Waals surface area contributed by atoms with Gasteiger partial charge in [0.1, 0.15) is 10.1 Å². The van der Waals surface area contributed by atoms with Gasteiger partial charge in [-0.25, -0.2) is 8.42 Å². The number of rotatable bonds is 1. The second kappa shape index (κ2) is 5.20. The molecule has 1 rings (SSSR count). The molecule has 0 spiro atoms. The number of hydrogen-bond donors (Lipinski definition) is 0. The van der Waals surface area contributed by atoms with Crippen LogP contribution in [0, 0.1) is 20.8 Å². The standard InChI is InChI=1S/C9H12O3S.K/c1-6-4-8(3)9(5-7(6)2)13(10,11)12;/h4-5H,1-3H3,(H,10,11,12);/q;+1/p-1. The van der Waals surface area contributed by atoms with E-state index in [0.29, 0.717) is 5.56 Å². The molecule has 0 radical (unpaired) electrons. The SMILES string of the molecule is Cc1cc(C)c(S(=O)(=O)[O-])cc1C.[K+]. The third-order valence-electron chi connectivity index (χ3n) is 2.06. The van der Waals surface area contributed by atoms with Gasteiger partial charge in [0.15, 0.2) is 0 Å². The fourth-order valence-corrected chi connectivity index (χ4v) is 1.98. The third-order valence-corrected chi connectivity index (χ3v) is 3.04. The second-order valence-corrected chi connectivity index (χ2v) is 4.50. The van der Waals surface area contributed by atoms with E-state index in [1.165, 1.54) is 6.07 Å². The molecule has 0 fully saturated rings. The van der Waals surface area contributed by atoms with Gasteiger partial charge in [0.25, 0.3) is 0 Å². The van der Waals surface area contributed by atoms with E-state index in [1.54, 1.807) is 19.9 Å². The van der Waals surface area contributed by atoms with E-state index < -0.39 is 10.1 Å². The Morgan fingerprint density at radius 1 is 1.00 bits per heavy atom. The van der Waals surface area contributed by atoms with Crippen LogP contribution in [0.5, 0.6) is 0 Å². The van der Waals surface area contributed by atoms with Crippen molar-refractivity contribution in [3.05, 3.63) is 28.8 Å². The molecule has 14 heavy (non-hydrogen) atoms. The van der Waals surface area contributed by atoms with Crippen LogP contribution < -0.4 is 51.4 Å². The van der Waals surface area contributed by atoms with E-state index in [0.717, 1.165) is 11.1 Å². The second-order valence-electron chi connectivity index (χ2n) is 3.16. The summed E-state index contributed by atoms with van der Waals surface area (Å²) in [6, 6.07) is 3.13. The Balaban J connectivity index is 0.00000169. The largest absolute Gasteiger partial charge is 1.00 e. The summed E-state index contributed by atoms with van der Waals surface area (Å²) in [5, 5.41) is 0. The average molecular weight is 238 g/mol. The van der Waals surface area contributed by atoms with Gasteiger partial charge in [-0.1, -0.05) is 6.07 Å². The Hall–Kier alpha value is 0.766. The molecule has 0 heterocycles. The molecule has 0 atom stereocenters. The minimum absolute atomic E-state index is 0. The minimum atomic E-state index is -4.32. The molecule has 5 heteroatoms. The third kappa shape index (κ3) is 3.41. The molecule has 1 aromatic carbocycles. The molecule has 1 aromatic rings. The maximum Gasteiger partial charge on any atom is 1.00 e. The predicted octanol–water partition coefficient (Wildman–Crippen LogP) is -1.48. The van der Waals surface area contributed by atoms with E-state index in [9.17, 15) is 13.0 Å². The van der Waals surface area contributed by atoms with Crippen LogP contribution in [0.1, 0.15) is 16.7 Å². The van der Waals surface area contributed by atoms with Gasteiger partial charge in [-0.3, -0.25) is 0 Å². The fraction of sp³-hybridized carbons (Fsp3) is 0.333. The van der Waals surface area contributed by atoms with Crippen LogP contribution in [0.25, 0.3) is 0 Å². The number of aryl methyl sites for hydroxylation is 3. The van der Waals surface area contributed by atoms with Crippen LogP contribution in [0.3, 0.4) is 0 Å². The maximum atomic E-state index is 10.8. The summed E-state index contributed by atoms with van der Waals surface area (Å²) in [4.78, 5) is -0.115. The molecular formula is C9H11KO3S. The van der Waals surface area contributed by atoms with Crippen molar-refractivity contribution in [1.29, 1.82) is 0 Å².